The molecule has 4 nitrogen and oxygen atoms in total. The number of nitrogens with one attached hydrogen (secondary N) is 1. The fourth-order valence-corrected chi connectivity index (χ4v) is 2.92. The zero-order chi connectivity index (χ0) is 15.7. The molecular formula is C16H10Cl2N2O2. The van der Waals surface area contributed by atoms with E-state index in [0.717, 1.165) is 0 Å². The number of furan rings is 1. The van der Waals surface area contributed by atoms with Gasteiger partial charge in [0.25, 0.3) is 0 Å². The molecule has 0 aliphatic rings. The van der Waals surface area contributed by atoms with Crippen LogP contribution in [0.2, 0.25) is 10.0 Å². The molecule has 1 aromatic heterocycles. The Morgan fingerprint density at radius 2 is 1.82 bits per heavy atom. The number of rotatable bonds is 3. The fraction of sp³-hybridized carbons (Fsp3) is 0.0625. The van der Waals surface area contributed by atoms with E-state index in [4.69, 9.17) is 27.6 Å². The molecule has 2 N–H and O–H groups in total. The summed E-state index contributed by atoms with van der Waals surface area (Å²) in [6.45, 7) is 0. The van der Waals surface area contributed by atoms with Crippen molar-refractivity contribution >= 4 is 39.9 Å². The van der Waals surface area contributed by atoms with E-state index < -0.39 is 6.04 Å². The third-order valence-electron chi connectivity index (χ3n) is 3.30. The van der Waals surface area contributed by atoms with E-state index in [1.165, 1.54) is 6.26 Å². The topological polar surface area (TPSA) is 69.2 Å². The van der Waals surface area contributed by atoms with Crippen LogP contribution in [0.15, 0.2) is 47.1 Å². The van der Waals surface area contributed by atoms with Crippen LogP contribution in [0.25, 0.3) is 11.0 Å². The molecule has 0 amide bonds. The van der Waals surface area contributed by atoms with Crippen molar-refractivity contribution < 1.29 is 9.52 Å². The van der Waals surface area contributed by atoms with E-state index in [9.17, 15) is 10.4 Å². The van der Waals surface area contributed by atoms with Crippen LogP contribution in [0.5, 0.6) is 5.75 Å². The molecule has 0 fully saturated rings. The molecule has 6 heteroatoms. The van der Waals surface area contributed by atoms with Crippen LogP contribution in [0, 0.1) is 11.3 Å². The first-order valence-electron chi connectivity index (χ1n) is 6.41. The van der Waals surface area contributed by atoms with Gasteiger partial charge in [0, 0.05) is 15.6 Å². The van der Waals surface area contributed by atoms with Crippen LogP contribution in [0.1, 0.15) is 11.6 Å². The summed E-state index contributed by atoms with van der Waals surface area (Å²) in [4.78, 5) is 0. The average molecular weight is 333 g/mol. The van der Waals surface area contributed by atoms with E-state index >= 15 is 0 Å². The van der Waals surface area contributed by atoms with Gasteiger partial charge in [-0.2, -0.15) is 5.26 Å². The first kappa shape index (κ1) is 14.6. The molecule has 0 saturated carbocycles. The monoisotopic (exact) mass is 332 g/mol. The number of benzene rings is 2. The molecule has 2 aromatic carbocycles. The number of hydrogen-bond donors (Lipinski definition) is 2. The lowest BCUT2D eigenvalue weighted by Crippen LogP contribution is -2.10. The Hall–Kier alpha value is -2.35. The van der Waals surface area contributed by atoms with Crippen molar-refractivity contribution in [3.63, 3.8) is 0 Å². The van der Waals surface area contributed by atoms with Crippen molar-refractivity contribution in [2.75, 3.05) is 5.32 Å². The Labute approximate surface area is 136 Å². The number of hydrogen-bond acceptors (Lipinski definition) is 4. The van der Waals surface area contributed by atoms with Gasteiger partial charge < -0.3 is 14.8 Å². The van der Waals surface area contributed by atoms with E-state index in [1.54, 1.807) is 36.4 Å². The highest BCUT2D eigenvalue weighted by Crippen LogP contribution is 2.37. The van der Waals surface area contributed by atoms with Gasteiger partial charge >= 0.3 is 0 Å². The molecule has 3 aromatic rings. The summed E-state index contributed by atoms with van der Waals surface area (Å²) in [5.41, 5.74) is 1.57. The van der Waals surface area contributed by atoms with Gasteiger partial charge in [0.1, 0.15) is 17.9 Å². The van der Waals surface area contributed by atoms with Gasteiger partial charge in [0.05, 0.1) is 17.1 Å². The van der Waals surface area contributed by atoms with Gasteiger partial charge in [-0.25, -0.2) is 0 Å². The molecule has 1 unspecified atom stereocenters. The van der Waals surface area contributed by atoms with Gasteiger partial charge in [-0.05, 0) is 24.3 Å². The van der Waals surface area contributed by atoms with Crippen molar-refractivity contribution in [1.82, 2.24) is 0 Å². The second-order valence-corrected chi connectivity index (χ2v) is 5.46. The minimum atomic E-state index is -0.763. The molecule has 22 heavy (non-hydrogen) atoms. The molecule has 1 heterocycles. The summed E-state index contributed by atoms with van der Waals surface area (Å²) in [7, 11) is 0. The van der Waals surface area contributed by atoms with Crippen LogP contribution in [-0.2, 0) is 0 Å². The van der Waals surface area contributed by atoms with Gasteiger partial charge in [-0.15, -0.1) is 0 Å². The largest absolute Gasteiger partial charge is 0.504 e. The molecule has 0 spiro atoms. The van der Waals surface area contributed by atoms with Crippen LogP contribution in [-0.4, -0.2) is 5.11 Å². The molecule has 0 bridgehead atoms. The van der Waals surface area contributed by atoms with Crippen molar-refractivity contribution in [2.45, 2.75) is 6.04 Å². The molecule has 0 aliphatic carbocycles. The minimum Gasteiger partial charge on any atom is -0.504 e. The summed E-state index contributed by atoms with van der Waals surface area (Å²) in [5.74, 6) is 0.0000420. The van der Waals surface area contributed by atoms with Crippen LogP contribution in [0.4, 0.5) is 5.69 Å². The second-order valence-electron chi connectivity index (χ2n) is 4.64. The maximum Gasteiger partial charge on any atom is 0.163 e. The molecule has 3 rings (SSSR count). The van der Waals surface area contributed by atoms with Crippen LogP contribution >= 0.6 is 23.2 Å². The SMILES string of the molecule is N#CC(Nc1cccc2occ(O)c12)c1c(Cl)cccc1Cl. The molecule has 0 radical (unpaired) electrons. The summed E-state index contributed by atoms with van der Waals surface area (Å²) in [6, 6.07) is 11.7. The Bertz CT molecular complexity index is 863. The summed E-state index contributed by atoms with van der Waals surface area (Å²) >= 11 is 12.3. The zero-order valence-corrected chi connectivity index (χ0v) is 12.7. The second kappa shape index (κ2) is 5.80. The number of halogens is 2. The van der Waals surface area contributed by atoms with E-state index in [0.29, 0.717) is 32.3 Å². The summed E-state index contributed by atoms with van der Waals surface area (Å²) < 4.78 is 5.23. The van der Waals surface area contributed by atoms with E-state index in [-0.39, 0.29) is 5.75 Å². The van der Waals surface area contributed by atoms with Crippen molar-refractivity contribution in [1.29, 1.82) is 5.26 Å². The van der Waals surface area contributed by atoms with Crippen molar-refractivity contribution in [2.24, 2.45) is 0 Å². The Morgan fingerprint density at radius 1 is 1.14 bits per heavy atom. The lowest BCUT2D eigenvalue weighted by molar-refractivity contribution is 0.464. The highest BCUT2D eigenvalue weighted by atomic mass is 35.5. The lowest BCUT2D eigenvalue weighted by Gasteiger charge is -2.16. The van der Waals surface area contributed by atoms with Gasteiger partial charge in [0.2, 0.25) is 0 Å². The molecule has 0 aliphatic heterocycles. The smallest absolute Gasteiger partial charge is 0.163 e. The van der Waals surface area contributed by atoms with Crippen LogP contribution < -0.4 is 5.32 Å². The third-order valence-corrected chi connectivity index (χ3v) is 3.96. The molecular weight excluding hydrogens is 323 g/mol. The first-order chi connectivity index (χ1) is 10.6. The molecule has 110 valence electrons. The Balaban J connectivity index is 2.06. The van der Waals surface area contributed by atoms with Gasteiger partial charge in [-0.1, -0.05) is 35.3 Å². The maximum absolute atomic E-state index is 9.89. The number of anilines is 1. The quantitative estimate of drug-likeness (QED) is 0.698. The Kier molecular flexibility index (Phi) is 3.84. The average Bonchev–Trinajstić information content (AvgIpc) is 2.88. The molecule has 1 atom stereocenters. The normalized spacial score (nSPS) is 12.0. The fourth-order valence-electron chi connectivity index (χ4n) is 2.30. The summed E-state index contributed by atoms with van der Waals surface area (Å²) in [5, 5.41) is 23.7. The van der Waals surface area contributed by atoms with Crippen molar-refractivity contribution in [3.05, 3.63) is 58.3 Å². The van der Waals surface area contributed by atoms with Crippen molar-refractivity contribution in [3.8, 4) is 11.8 Å². The standard InChI is InChI=1S/C16H10Cl2N2O2/c17-9-3-1-4-10(18)15(9)12(7-19)20-11-5-2-6-14-16(11)13(21)8-22-14/h1-6,8,12,20-21H. The highest BCUT2D eigenvalue weighted by molar-refractivity contribution is 6.36. The van der Waals surface area contributed by atoms with E-state index in [1.807, 2.05) is 0 Å². The van der Waals surface area contributed by atoms with Gasteiger partial charge in [0.15, 0.2) is 5.75 Å². The predicted molar refractivity (Wildman–Crippen MR) is 86.3 cm³/mol. The van der Waals surface area contributed by atoms with Crippen LogP contribution in [0.3, 0.4) is 0 Å². The third kappa shape index (κ3) is 2.45. The maximum atomic E-state index is 9.89. The van der Waals surface area contributed by atoms with E-state index in [2.05, 4.69) is 11.4 Å². The number of fused-ring (bicyclic) bond motifs is 1. The zero-order valence-electron chi connectivity index (χ0n) is 11.2. The number of nitrogens with zero attached hydrogens (tertiary/aromatic N) is 1. The minimum absolute atomic E-state index is 0.0000420. The molecule has 0 saturated heterocycles. The summed E-state index contributed by atoms with van der Waals surface area (Å²) in [6.07, 6.45) is 1.25. The van der Waals surface area contributed by atoms with Gasteiger partial charge in [-0.3, -0.25) is 0 Å². The number of nitriles is 1. The first-order valence-corrected chi connectivity index (χ1v) is 7.16. The number of aromatic hydroxyl groups is 1. The highest BCUT2D eigenvalue weighted by Gasteiger charge is 2.19. The predicted octanol–water partition coefficient (Wildman–Crippen LogP) is 5.12. The Morgan fingerprint density at radius 3 is 2.50 bits per heavy atom. The lowest BCUT2D eigenvalue weighted by atomic mass is 10.1.